The van der Waals surface area contributed by atoms with E-state index in [4.69, 9.17) is 10.5 Å². The molecule has 0 radical (unpaired) electrons. The number of ether oxygens (including phenoxy) is 1. The van der Waals surface area contributed by atoms with Crippen LogP contribution in [-0.4, -0.2) is 51.1 Å². The number of guanidine groups is 1. The first-order chi connectivity index (χ1) is 11.5. The molecule has 1 aromatic rings. The Balaban J connectivity index is 2.51. The van der Waals surface area contributed by atoms with Crippen molar-refractivity contribution in [2.45, 2.75) is 19.5 Å². The van der Waals surface area contributed by atoms with Gasteiger partial charge in [0.05, 0.1) is 13.2 Å². The highest BCUT2D eigenvalue weighted by Crippen LogP contribution is 2.04. The van der Waals surface area contributed by atoms with Gasteiger partial charge in [0.15, 0.2) is 5.96 Å². The van der Waals surface area contributed by atoms with E-state index in [0.29, 0.717) is 24.7 Å². The van der Waals surface area contributed by atoms with Gasteiger partial charge in [-0.2, -0.15) is 0 Å². The predicted molar refractivity (Wildman–Crippen MR) is 92.6 cm³/mol. The summed E-state index contributed by atoms with van der Waals surface area (Å²) in [6.45, 7) is 2.96. The highest BCUT2D eigenvalue weighted by atomic mass is 16.5. The maximum absolute atomic E-state index is 11.8. The summed E-state index contributed by atoms with van der Waals surface area (Å²) in [5, 5.41) is 8.83. The fourth-order valence-electron chi connectivity index (χ4n) is 1.95. The summed E-state index contributed by atoms with van der Waals surface area (Å²) in [6, 6.07) is 7.18. The molecule has 8 nitrogen and oxygen atoms in total. The molecule has 1 rings (SSSR count). The molecule has 24 heavy (non-hydrogen) atoms. The van der Waals surface area contributed by atoms with Gasteiger partial charge in [-0.25, -0.2) is 0 Å². The molecular weight excluding hydrogens is 310 g/mol. The second-order valence-electron chi connectivity index (χ2n) is 5.27. The van der Waals surface area contributed by atoms with Gasteiger partial charge < -0.3 is 26.4 Å². The number of primary amides is 1. The van der Waals surface area contributed by atoms with E-state index in [-0.39, 0.29) is 18.5 Å². The van der Waals surface area contributed by atoms with Gasteiger partial charge in [-0.3, -0.25) is 14.6 Å². The summed E-state index contributed by atoms with van der Waals surface area (Å²) in [4.78, 5) is 26.6. The smallest absolute Gasteiger partial charge is 0.251 e. The van der Waals surface area contributed by atoms with Crippen molar-refractivity contribution in [3.05, 3.63) is 35.4 Å². The normalized spacial score (nSPS) is 12.4. The molecule has 0 aromatic heterocycles. The maximum atomic E-state index is 11.8. The second-order valence-corrected chi connectivity index (χ2v) is 5.27. The van der Waals surface area contributed by atoms with Gasteiger partial charge in [0, 0.05) is 32.3 Å². The number of nitrogens with two attached hydrogens (primary N) is 1. The number of hydrogen-bond donors (Lipinski definition) is 4. The van der Waals surface area contributed by atoms with Crippen LogP contribution >= 0.6 is 0 Å². The zero-order chi connectivity index (χ0) is 17.9. The Labute approximate surface area is 141 Å². The molecule has 2 amide bonds. The zero-order valence-corrected chi connectivity index (χ0v) is 14.3. The number of carbonyl (C=O) groups excluding carboxylic acids is 2. The van der Waals surface area contributed by atoms with Crippen molar-refractivity contribution in [3.63, 3.8) is 0 Å². The monoisotopic (exact) mass is 335 g/mol. The third-order valence-corrected chi connectivity index (χ3v) is 3.12. The van der Waals surface area contributed by atoms with Crippen LogP contribution in [-0.2, 0) is 16.1 Å². The van der Waals surface area contributed by atoms with Gasteiger partial charge in [0.1, 0.15) is 0 Å². The van der Waals surface area contributed by atoms with E-state index in [9.17, 15) is 9.59 Å². The molecular formula is C16H25N5O3. The zero-order valence-electron chi connectivity index (χ0n) is 14.3. The average Bonchev–Trinajstić information content (AvgIpc) is 2.57. The summed E-state index contributed by atoms with van der Waals surface area (Å²) < 4.78 is 5.07. The first kappa shape index (κ1) is 19.4. The Bertz CT molecular complexity index is 572. The molecule has 132 valence electrons. The van der Waals surface area contributed by atoms with Gasteiger partial charge in [-0.15, -0.1) is 0 Å². The molecule has 0 aliphatic rings. The first-order valence-corrected chi connectivity index (χ1v) is 7.57. The van der Waals surface area contributed by atoms with Crippen molar-refractivity contribution in [1.29, 1.82) is 0 Å². The molecule has 1 atom stereocenters. The molecule has 8 heteroatoms. The van der Waals surface area contributed by atoms with Crippen molar-refractivity contribution < 1.29 is 14.3 Å². The van der Waals surface area contributed by atoms with E-state index in [1.165, 1.54) is 0 Å². The number of hydrogen-bond acceptors (Lipinski definition) is 4. The van der Waals surface area contributed by atoms with Crippen LogP contribution in [0.2, 0.25) is 0 Å². The minimum Gasteiger partial charge on any atom is -0.383 e. The van der Waals surface area contributed by atoms with Crippen molar-refractivity contribution in [3.8, 4) is 0 Å². The van der Waals surface area contributed by atoms with Gasteiger partial charge in [-0.05, 0) is 24.6 Å². The Morgan fingerprint density at radius 3 is 2.46 bits per heavy atom. The fraction of sp³-hybridized carbons (Fsp3) is 0.438. The quantitative estimate of drug-likeness (QED) is 0.381. The van der Waals surface area contributed by atoms with Crippen LogP contribution in [0.5, 0.6) is 0 Å². The molecule has 5 N–H and O–H groups in total. The number of rotatable bonds is 8. The molecule has 1 aromatic carbocycles. The minimum atomic E-state index is -0.578. The Morgan fingerprint density at radius 1 is 1.25 bits per heavy atom. The number of amides is 2. The number of methoxy groups -OCH3 is 1. The van der Waals surface area contributed by atoms with Crippen LogP contribution in [0.4, 0.5) is 0 Å². The topological polar surface area (TPSA) is 118 Å². The molecule has 1 unspecified atom stereocenters. The van der Waals surface area contributed by atoms with Crippen LogP contribution in [0, 0.1) is 0 Å². The van der Waals surface area contributed by atoms with Gasteiger partial charge in [-0.1, -0.05) is 12.1 Å². The lowest BCUT2D eigenvalue weighted by Gasteiger charge is -2.17. The lowest BCUT2D eigenvalue weighted by atomic mass is 10.1. The molecule has 0 spiro atoms. The highest BCUT2D eigenvalue weighted by molar-refractivity contribution is 5.96. The van der Waals surface area contributed by atoms with E-state index in [1.54, 1.807) is 26.3 Å². The SMILES string of the molecule is CN=C(NCc1ccc(C(=O)NCC(N)=O)cc1)NC(C)COC. The number of nitrogens with zero attached hydrogens (tertiary/aromatic N) is 1. The lowest BCUT2D eigenvalue weighted by Crippen LogP contribution is -2.43. The lowest BCUT2D eigenvalue weighted by molar-refractivity contribution is -0.117. The Hall–Kier alpha value is -2.61. The van der Waals surface area contributed by atoms with Crippen molar-refractivity contribution in [2.24, 2.45) is 10.7 Å². The second kappa shape index (κ2) is 10.2. The van der Waals surface area contributed by atoms with E-state index in [2.05, 4.69) is 20.9 Å². The highest BCUT2D eigenvalue weighted by Gasteiger charge is 2.07. The third-order valence-electron chi connectivity index (χ3n) is 3.12. The molecule has 0 aliphatic carbocycles. The van der Waals surface area contributed by atoms with Crippen LogP contribution in [0.1, 0.15) is 22.8 Å². The fourth-order valence-corrected chi connectivity index (χ4v) is 1.95. The van der Waals surface area contributed by atoms with Crippen molar-refractivity contribution in [2.75, 3.05) is 27.3 Å². The molecule has 0 fully saturated rings. The van der Waals surface area contributed by atoms with Crippen LogP contribution in [0.3, 0.4) is 0 Å². The van der Waals surface area contributed by atoms with E-state index < -0.39 is 5.91 Å². The molecule has 0 heterocycles. The minimum absolute atomic E-state index is 0.137. The summed E-state index contributed by atoms with van der Waals surface area (Å²) >= 11 is 0. The maximum Gasteiger partial charge on any atom is 0.251 e. The van der Waals surface area contributed by atoms with Crippen LogP contribution in [0.25, 0.3) is 0 Å². The summed E-state index contributed by atoms with van der Waals surface area (Å²) in [6.07, 6.45) is 0. The van der Waals surface area contributed by atoms with E-state index in [1.807, 2.05) is 19.1 Å². The van der Waals surface area contributed by atoms with Gasteiger partial charge in [0.25, 0.3) is 5.91 Å². The largest absolute Gasteiger partial charge is 0.383 e. The summed E-state index contributed by atoms with van der Waals surface area (Å²) in [5.41, 5.74) is 6.45. The number of carbonyl (C=O) groups is 2. The third kappa shape index (κ3) is 7.10. The standard InChI is InChI=1S/C16H25N5O3/c1-11(10-24-3)21-16(18-2)20-8-12-4-6-13(7-5-12)15(23)19-9-14(17)22/h4-7,11H,8-10H2,1-3H3,(H2,17,22)(H,19,23)(H2,18,20,21). The summed E-state index contributed by atoms with van der Waals surface area (Å²) in [5.74, 6) is -0.243. The molecule has 0 saturated heterocycles. The summed E-state index contributed by atoms with van der Waals surface area (Å²) in [7, 11) is 3.34. The van der Waals surface area contributed by atoms with Crippen LogP contribution < -0.4 is 21.7 Å². The first-order valence-electron chi connectivity index (χ1n) is 7.57. The Morgan fingerprint density at radius 2 is 1.92 bits per heavy atom. The number of aliphatic imine (C=N–C) groups is 1. The van der Waals surface area contributed by atoms with E-state index >= 15 is 0 Å². The Kier molecular flexibility index (Phi) is 8.28. The number of benzene rings is 1. The average molecular weight is 335 g/mol. The van der Waals surface area contributed by atoms with Crippen molar-refractivity contribution >= 4 is 17.8 Å². The molecule has 0 aliphatic heterocycles. The molecule has 0 saturated carbocycles. The van der Waals surface area contributed by atoms with Gasteiger partial charge in [0.2, 0.25) is 5.91 Å². The van der Waals surface area contributed by atoms with E-state index in [0.717, 1.165) is 5.56 Å². The van der Waals surface area contributed by atoms with Gasteiger partial charge >= 0.3 is 0 Å². The molecule has 0 bridgehead atoms. The van der Waals surface area contributed by atoms with Crippen LogP contribution in [0.15, 0.2) is 29.3 Å². The van der Waals surface area contributed by atoms with Crippen molar-refractivity contribution in [1.82, 2.24) is 16.0 Å². The number of nitrogens with one attached hydrogen (secondary N) is 3. The predicted octanol–water partition coefficient (Wildman–Crippen LogP) is -0.398.